The Hall–Kier alpha value is -0.870. The van der Waals surface area contributed by atoms with E-state index < -0.39 is 0 Å². The lowest BCUT2D eigenvalue weighted by Gasteiger charge is -2.38. The van der Waals surface area contributed by atoms with Gasteiger partial charge in [-0.05, 0) is 49.1 Å². The van der Waals surface area contributed by atoms with E-state index >= 15 is 0 Å². The minimum absolute atomic E-state index is 0.00430. The zero-order valence-corrected chi connectivity index (χ0v) is 12.7. The van der Waals surface area contributed by atoms with Crippen molar-refractivity contribution in [3.63, 3.8) is 0 Å². The normalized spacial score (nSPS) is 24.9. The molecular weight excluding hydrogens is 270 g/mol. The zero-order valence-electron chi connectivity index (χ0n) is 11.9. The van der Waals surface area contributed by atoms with Gasteiger partial charge in [0, 0.05) is 4.88 Å². The van der Waals surface area contributed by atoms with Gasteiger partial charge in [-0.2, -0.15) is 0 Å². The van der Waals surface area contributed by atoms with Crippen LogP contribution in [0.5, 0.6) is 0 Å². The standard InChI is InChI=1S/C16H23NO2S/c18-11-16(8-2-1-3-9-16)17-15(19)13-5-4-6-14-12(13)7-10-20-14/h7,10,13,18H,1-6,8-9,11H2,(H,17,19). The van der Waals surface area contributed by atoms with Crippen LogP contribution in [0.3, 0.4) is 0 Å². The third kappa shape index (κ3) is 2.63. The third-order valence-corrected chi connectivity index (χ3v) is 5.87. The Kier molecular flexibility index (Phi) is 4.13. The van der Waals surface area contributed by atoms with Gasteiger partial charge < -0.3 is 10.4 Å². The fraction of sp³-hybridized carbons (Fsp3) is 0.688. The van der Waals surface area contributed by atoms with Crippen LogP contribution in [0.2, 0.25) is 0 Å². The fourth-order valence-corrected chi connectivity index (χ4v) is 4.65. The number of thiophene rings is 1. The quantitative estimate of drug-likeness (QED) is 0.900. The summed E-state index contributed by atoms with van der Waals surface area (Å²) in [6, 6.07) is 2.11. The molecule has 0 spiro atoms. The molecule has 2 aliphatic carbocycles. The number of fused-ring (bicyclic) bond motifs is 1. The predicted octanol–water partition coefficient (Wildman–Crippen LogP) is 2.98. The molecule has 1 atom stereocenters. The summed E-state index contributed by atoms with van der Waals surface area (Å²) in [5.41, 5.74) is 0.867. The Morgan fingerprint density at radius 1 is 1.35 bits per heavy atom. The number of aliphatic hydroxyl groups excluding tert-OH is 1. The molecule has 1 saturated carbocycles. The Morgan fingerprint density at radius 2 is 2.15 bits per heavy atom. The van der Waals surface area contributed by atoms with E-state index in [1.165, 1.54) is 16.9 Å². The summed E-state index contributed by atoms with van der Waals surface area (Å²) >= 11 is 1.77. The zero-order chi connectivity index (χ0) is 14.0. The van der Waals surface area contributed by atoms with Gasteiger partial charge >= 0.3 is 0 Å². The van der Waals surface area contributed by atoms with E-state index in [0.717, 1.165) is 44.9 Å². The van der Waals surface area contributed by atoms with E-state index in [9.17, 15) is 9.90 Å². The van der Waals surface area contributed by atoms with Crippen molar-refractivity contribution >= 4 is 17.2 Å². The SMILES string of the molecule is O=C(NC1(CO)CCCCC1)C1CCCc2sccc21. The first-order valence-corrected chi connectivity index (χ1v) is 8.61. The highest BCUT2D eigenvalue weighted by Crippen LogP contribution is 2.36. The van der Waals surface area contributed by atoms with E-state index in [4.69, 9.17) is 0 Å². The Labute approximate surface area is 124 Å². The van der Waals surface area contributed by atoms with Crippen LogP contribution in [0.25, 0.3) is 0 Å². The molecule has 1 fully saturated rings. The molecule has 2 aliphatic rings. The highest BCUT2D eigenvalue weighted by molar-refractivity contribution is 7.10. The minimum atomic E-state index is -0.358. The fourth-order valence-electron chi connectivity index (χ4n) is 3.66. The first-order valence-electron chi connectivity index (χ1n) is 7.73. The Morgan fingerprint density at radius 3 is 2.90 bits per heavy atom. The lowest BCUT2D eigenvalue weighted by molar-refractivity contribution is -0.126. The molecule has 1 heterocycles. The molecule has 0 radical (unpaired) electrons. The van der Waals surface area contributed by atoms with E-state index in [0.29, 0.717) is 0 Å². The van der Waals surface area contributed by atoms with Crippen LogP contribution in [0, 0.1) is 0 Å². The van der Waals surface area contributed by atoms with Crippen molar-refractivity contribution in [2.24, 2.45) is 0 Å². The maximum absolute atomic E-state index is 12.7. The number of aliphatic hydroxyl groups is 1. The number of nitrogens with one attached hydrogen (secondary N) is 1. The smallest absolute Gasteiger partial charge is 0.228 e. The molecule has 4 heteroatoms. The van der Waals surface area contributed by atoms with Crippen molar-refractivity contribution in [2.45, 2.75) is 62.8 Å². The van der Waals surface area contributed by atoms with E-state index in [1.807, 2.05) is 0 Å². The van der Waals surface area contributed by atoms with Crippen LogP contribution >= 0.6 is 11.3 Å². The summed E-state index contributed by atoms with van der Waals surface area (Å²) in [6.07, 6.45) is 8.41. The van der Waals surface area contributed by atoms with Crippen molar-refractivity contribution in [3.05, 3.63) is 21.9 Å². The number of carbonyl (C=O) groups is 1. The van der Waals surface area contributed by atoms with Crippen LogP contribution in [0.4, 0.5) is 0 Å². The van der Waals surface area contributed by atoms with Crippen molar-refractivity contribution < 1.29 is 9.90 Å². The lowest BCUT2D eigenvalue weighted by Crippen LogP contribution is -2.53. The topological polar surface area (TPSA) is 49.3 Å². The van der Waals surface area contributed by atoms with Gasteiger partial charge in [-0.1, -0.05) is 19.3 Å². The molecule has 0 aromatic carbocycles. The second-order valence-corrected chi connectivity index (χ2v) is 7.23. The largest absolute Gasteiger partial charge is 0.394 e. The highest BCUT2D eigenvalue weighted by Gasteiger charge is 2.36. The first kappa shape index (κ1) is 14.1. The molecule has 1 aromatic heterocycles. The number of carbonyl (C=O) groups excluding carboxylic acids is 1. The van der Waals surface area contributed by atoms with Gasteiger partial charge in [0.05, 0.1) is 18.1 Å². The lowest BCUT2D eigenvalue weighted by atomic mass is 9.80. The van der Waals surface area contributed by atoms with Crippen molar-refractivity contribution in [1.82, 2.24) is 5.32 Å². The number of hydrogen-bond donors (Lipinski definition) is 2. The summed E-state index contributed by atoms with van der Waals surface area (Å²) < 4.78 is 0. The number of hydrogen-bond acceptors (Lipinski definition) is 3. The van der Waals surface area contributed by atoms with Gasteiger partial charge in [0.25, 0.3) is 0 Å². The maximum Gasteiger partial charge on any atom is 0.228 e. The maximum atomic E-state index is 12.7. The first-order chi connectivity index (χ1) is 9.74. The molecule has 0 saturated heterocycles. The van der Waals surface area contributed by atoms with Crippen molar-refractivity contribution in [1.29, 1.82) is 0 Å². The minimum Gasteiger partial charge on any atom is -0.394 e. The molecule has 0 aliphatic heterocycles. The van der Waals surface area contributed by atoms with Crippen LogP contribution in [-0.4, -0.2) is 23.2 Å². The van der Waals surface area contributed by atoms with Gasteiger partial charge in [0.1, 0.15) is 0 Å². The average molecular weight is 293 g/mol. The van der Waals surface area contributed by atoms with Crippen LogP contribution < -0.4 is 5.32 Å². The van der Waals surface area contributed by atoms with Gasteiger partial charge in [-0.3, -0.25) is 4.79 Å². The number of amides is 1. The van der Waals surface area contributed by atoms with E-state index in [1.54, 1.807) is 11.3 Å². The summed E-state index contributed by atoms with van der Waals surface area (Å²) in [6.45, 7) is 0.0714. The molecule has 1 amide bonds. The van der Waals surface area contributed by atoms with Crippen molar-refractivity contribution in [2.75, 3.05) is 6.61 Å². The molecule has 20 heavy (non-hydrogen) atoms. The molecular formula is C16H23NO2S. The van der Waals surface area contributed by atoms with E-state index in [2.05, 4.69) is 16.8 Å². The molecule has 110 valence electrons. The molecule has 0 bridgehead atoms. The Bertz CT molecular complexity index is 477. The van der Waals surface area contributed by atoms with Crippen LogP contribution in [0.1, 0.15) is 61.3 Å². The second kappa shape index (κ2) is 5.86. The van der Waals surface area contributed by atoms with Gasteiger partial charge in [0.15, 0.2) is 0 Å². The van der Waals surface area contributed by atoms with Gasteiger partial charge in [0.2, 0.25) is 5.91 Å². The van der Waals surface area contributed by atoms with Crippen LogP contribution in [-0.2, 0) is 11.2 Å². The van der Waals surface area contributed by atoms with E-state index in [-0.39, 0.29) is 24.0 Å². The Balaban J connectivity index is 1.74. The molecule has 1 unspecified atom stereocenters. The summed E-state index contributed by atoms with van der Waals surface area (Å²) in [4.78, 5) is 14.0. The van der Waals surface area contributed by atoms with Gasteiger partial charge in [-0.25, -0.2) is 0 Å². The second-order valence-electron chi connectivity index (χ2n) is 6.23. The van der Waals surface area contributed by atoms with Gasteiger partial charge in [-0.15, -0.1) is 11.3 Å². The molecule has 3 nitrogen and oxygen atoms in total. The summed E-state index contributed by atoms with van der Waals surface area (Å²) in [7, 11) is 0. The van der Waals surface area contributed by atoms with Crippen LogP contribution in [0.15, 0.2) is 11.4 Å². The molecule has 3 rings (SSSR count). The third-order valence-electron chi connectivity index (χ3n) is 4.87. The molecule has 2 N–H and O–H groups in total. The number of aryl methyl sites for hydroxylation is 1. The number of rotatable bonds is 3. The monoisotopic (exact) mass is 293 g/mol. The van der Waals surface area contributed by atoms with Crippen molar-refractivity contribution in [3.8, 4) is 0 Å². The predicted molar refractivity (Wildman–Crippen MR) is 81.0 cm³/mol. The summed E-state index contributed by atoms with van der Waals surface area (Å²) in [5.74, 6) is 0.121. The highest BCUT2D eigenvalue weighted by atomic mass is 32.1. The molecule has 1 aromatic rings. The average Bonchev–Trinajstić information content (AvgIpc) is 2.96. The summed E-state index contributed by atoms with van der Waals surface area (Å²) in [5, 5.41) is 15.0.